The highest BCUT2D eigenvalue weighted by Gasteiger charge is 2.33. The number of hydrogen-bond acceptors (Lipinski definition) is 3. The second-order valence-electron chi connectivity index (χ2n) is 6.43. The van der Waals surface area contributed by atoms with E-state index < -0.39 is 0 Å². The Morgan fingerprint density at radius 3 is 2.86 bits per heavy atom. The molecule has 22 heavy (non-hydrogen) atoms. The molecule has 3 rings (SSSR count). The lowest BCUT2D eigenvalue weighted by Crippen LogP contribution is -2.49. The van der Waals surface area contributed by atoms with Crippen molar-refractivity contribution in [3.8, 4) is 6.07 Å². The quantitative estimate of drug-likeness (QED) is 0.932. The molecule has 116 valence electrons. The van der Waals surface area contributed by atoms with Crippen LogP contribution in [0.1, 0.15) is 44.1 Å². The maximum atomic E-state index is 12.4. The number of carbonyl (C=O) groups is 1. The molecule has 1 N–H and O–H groups in total. The van der Waals surface area contributed by atoms with E-state index in [4.69, 9.17) is 5.26 Å². The largest absolute Gasteiger partial charge is 0.324 e. The normalized spacial score (nSPS) is 25.0. The molecule has 0 radical (unpaired) electrons. The van der Waals surface area contributed by atoms with Crippen molar-refractivity contribution in [1.82, 2.24) is 4.90 Å². The van der Waals surface area contributed by atoms with E-state index in [-0.39, 0.29) is 5.91 Å². The van der Waals surface area contributed by atoms with Crippen LogP contribution in [0.15, 0.2) is 24.3 Å². The minimum absolute atomic E-state index is 0.00563. The van der Waals surface area contributed by atoms with Gasteiger partial charge in [-0.05, 0) is 50.3 Å². The minimum atomic E-state index is -0.00563. The average Bonchev–Trinajstić information content (AvgIpc) is 2.55. The number of amides is 1. The summed E-state index contributed by atoms with van der Waals surface area (Å²) in [5.41, 5.74) is 1.14. The highest BCUT2D eigenvalue weighted by Crippen LogP contribution is 2.35. The van der Waals surface area contributed by atoms with Crippen LogP contribution in [0.5, 0.6) is 0 Å². The molecule has 1 heterocycles. The third-order valence-corrected chi connectivity index (χ3v) is 5.03. The van der Waals surface area contributed by atoms with Gasteiger partial charge in [-0.2, -0.15) is 5.26 Å². The van der Waals surface area contributed by atoms with Gasteiger partial charge in [0.2, 0.25) is 5.91 Å². The summed E-state index contributed by atoms with van der Waals surface area (Å²) < 4.78 is 0. The number of carbonyl (C=O) groups excluding carboxylic acids is 1. The topological polar surface area (TPSA) is 56.1 Å². The first kappa shape index (κ1) is 15.1. The fourth-order valence-corrected chi connectivity index (χ4v) is 3.99. The Bertz CT molecular complexity index is 576. The summed E-state index contributed by atoms with van der Waals surface area (Å²) in [4.78, 5) is 14.7. The van der Waals surface area contributed by atoms with Gasteiger partial charge in [0.05, 0.1) is 17.8 Å². The van der Waals surface area contributed by atoms with Crippen molar-refractivity contribution in [3.05, 3.63) is 29.8 Å². The second kappa shape index (κ2) is 6.93. The van der Waals surface area contributed by atoms with Crippen molar-refractivity contribution in [2.24, 2.45) is 5.92 Å². The number of nitriles is 1. The maximum Gasteiger partial charge on any atom is 0.238 e. The van der Waals surface area contributed by atoms with Crippen LogP contribution in [0.3, 0.4) is 0 Å². The van der Waals surface area contributed by atoms with Crippen molar-refractivity contribution in [2.45, 2.75) is 44.6 Å². The molecule has 0 spiro atoms. The molecule has 4 nitrogen and oxygen atoms in total. The molecule has 2 aliphatic rings. The van der Waals surface area contributed by atoms with Gasteiger partial charge in [0, 0.05) is 6.04 Å². The first-order valence-corrected chi connectivity index (χ1v) is 8.31. The van der Waals surface area contributed by atoms with Gasteiger partial charge < -0.3 is 5.32 Å². The molecular formula is C18H23N3O. The van der Waals surface area contributed by atoms with Gasteiger partial charge in [0.25, 0.3) is 0 Å². The van der Waals surface area contributed by atoms with Crippen molar-refractivity contribution in [3.63, 3.8) is 0 Å². The lowest BCUT2D eigenvalue weighted by atomic mass is 9.78. The van der Waals surface area contributed by atoms with Crippen LogP contribution in [-0.2, 0) is 4.79 Å². The van der Waals surface area contributed by atoms with Gasteiger partial charge in [-0.3, -0.25) is 9.69 Å². The van der Waals surface area contributed by atoms with Crippen molar-refractivity contribution in [2.75, 3.05) is 18.4 Å². The van der Waals surface area contributed by atoms with Crippen LogP contribution in [0.2, 0.25) is 0 Å². The Hall–Kier alpha value is -1.86. The number of piperidine rings is 1. The average molecular weight is 297 g/mol. The number of anilines is 1. The number of rotatable bonds is 3. The van der Waals surface area contributed by atoms with E-state index in [2.05, 4.69) is 16.3 Å². The molecule has 2 fully saturated rings. The predicted molar refractivity (Wildman–Crippen MR) is 86.3 cm³/mol. The molecule has 1 saturated heterocycles. The highest BCUT2D eigenvalue weighted by molar-refractivity contribution is 5.93. The SMILES string of the molecule is N#Cc1ccccc1NC(=O)CN1CCC[C@@H]2CCCC[C@@H]21. The van der Waals surface area contributed by atoms with E-state index in [0.717, 1.165) is 12.5 Å². The molecule has 1 aromatic carbocycles. The summed E-state index contributed by atoms with van der Waals surface area (Å²) in [5, 5.41) is 12.0. The van der Waals surface area contributed by atoms with Gasteiger partial charge in [0.1, 0.15) is 6.07 Å². The Morgan fingerprint density at radius 2 is 2.00 bits per heavy atom. The molecule has 2 atom stereocenters. The molecular weight excluding hydrogens is 274 g/mol. The van der Waals surface area contributed by atoms with E-state index in [1.807, 2.05) is 12.1 Å². The van der Waals surface area contributed by atoms with Crippen LogP contribution in [0.25, 0.3) is 0 Å². The standard InChI is InChI=1S/C18H23N3O/c19-12-15-7-1-3-9-16(15)20-18(22)13-21-11-5-8-14-6-2-4-10-17(14)21/h1,3,7,9,14,17H,2,4-6,8,10-11,13H2,(H,20,22)/t14-,17-/m0/s1. The molecule has 0 aromatic heterocycles. The van der Waals surface area contributed by atoms with Crippen LogP contribution >= 0.6 is 0 Å². The van der Waals surface area contributed by atoms with Crippen molar-refractivity contribution < 1.29 is 4.79 Å². The summed E-state index contributed by atoms with van der Waals surface area (Å²) in [5.74, 6) is 0.774. The van der Waals surface area contributed by atoms with E-state index in [0.29, 0.717) is 23.8 Å². The predicted octanol–water partition coefficient (Wildman–Crippen LogP) is 3.15. The minimum Gasteiger partial charge on any atom is -0.324 e. The van der Waals surface area contributed by atoms with Crippen LogP contribution in [0, 0.1) is 17.2 Å². The van der Waals surface area contributed by atoms with E-state index in [9.17, 15) is 4.79 Å². The summed E-state index contributed by atoms with van der Waals surface area (Å²) in [6.45, 7) is 1.47. The number of fused-ring (bicyclic) bond motifs is 1. The molecule has 1 aliphatic heterocycles. The molecule has 1 saturated carbocycles. The zero-order chi connectivity index (χ0) is 15.4. The molecule has 0 unspecified atom stereocenters. The Kier molecular flexibility index (Phi) is 4.74. The van der Waals surface area contributed by atoms with Crippen molar-refractivity contribution >= 4 is 11.6 Å². The third-order valence-electron chi connectivity index (χ3n) is 5.03. The first-order valence-electron chi connectivity index (χ1n) is 8.31. The van der Waals surface area contributed by atoms with Crippen LogP contribution < -0.4 is 5.32 Å². The molecule has 1 aromatic rings. The van der Waals surface area contributed by atoms with Gasteiger partial charge in [-0.15, -0.1) is 0 Å². The fraction of sp³-hybridized carbons (Fsp3) is 0.556. The lowest BCUT2D eigenvalue weighted by molar-refractivity contribution is -0.118. The van der Waals surface area contributed by atoms with Gasteiger partial charge in [-0.1, -0.05) is 25.0 Å². The first-order chi connectivity index (χ1) is 10.8. The zero-order valence-corrected chi connectivity index (χ0v) is 12.9. The zero-order valence-electron chi connectivity index (χ0n) is 12.9. The Balaban J connectivity index is 1.62. The Labute approximate surface area is 132 Å². The maximum absolute atomic E-state index is 12.4. The summed E-state index contributed by atoms with van der Waals surface area (Å²) in [7, 11) is 0. The van der Waals surface area contributed by atoms with Crippen LogP contribution in [-0.4, -0.2) is 29.9 Å². The number of para-hydroxylation sites is 1. The third kappa shape index (κ3) is 3.31. The van der Waals surface area contributed by atoms with E-state index in [1.54, 1.807) is 12.1 Å². The Morgan fingerprint density at radius 1 is 1.23 bits per heavy atom. The highest BCUT2D eigenvalue weighted by atomic mass is 16.2. The smallest absolute Gasteiger partial charge is 0.238 e. The summed E-state index contributed by atoms with van der Waals surface area (Å²) in [6, 6.07) is 9.87. The monoisotopic (exact) mass is 297 g/mol. The molecule has 0 bridgehead atoms. The van der Waals surface area contributed by atoms with E-state index in [1.165, 1.54) is 38.5 Å². The number of hydrogen-bond donors (Lipinski definition) is 1. The second-order valence-corrected chi connectivity index (χ2v) is 6.43. The molecule has 1 aliphatic carbocycles. The number of nitrogens with one attached hydrogen (secondary N) is 1. The van der Waals surface area contributed by atoms with Crippen molar-refractivity contribution in [1.29, 1.82) is 5.26 Å². The molecule has 1 amide bonds. The van der Waals surface area contributed by atoms with E-state index >= 15 is 0 Å². The number of nitrogens with zero attached hydrogens (tertiary/aromatic N) is 2. The number of likely N-dealkylation sites (tertiary alicyclic amines) is 1. The van der Waals surface area contributed by atoms with Gasteiger partial charge in [-0.25, -0.2) is 0 Å². The molecule has 4 heteroatoms. The number of benzene rings is 1. The van der Waals surface area contributed by atoms with Gasteiger partial charge in [0.15, 0.2) is 0 Å². The fourth-order valence-electron chi connectivity index (χ4n) is 3.99. The van der Waals surface area contributed by atoms with Crippen LogP contribution in [0.4, 0.5) is 5.69 Å². The summed E-state index contributed by atoms with van der Waals surface area (Å²) in [6.07, 6.45) is 7.70. The lowest BCUT2D eigenvalue weighted by Gasteiger charge is -2.43. The van der Waals surface area contributed by atoms with Gasteiger partial charge >= 0.3 is 0 Å². The summed E-state index contributed by atoms with van der Waals surface area (Å²) >= 11 is 0.